The van der Waals surface area contributed by atoms with Crippen molar-refractivity contribution in [1.82, 2.24) is 24.1 Å². The van der Waals surface area contributed by atoms with E-state index >= 15 is 4.39 Å². The van der Waals surface area contributed by atoms with E-state index < -0.39 is 0 Å². The minimum absolute atomic E-state index is 0.344. The first-order valence-corrected chi connectivity index (χ1v) is 10.8. The Morgan fingerprint density at radius 1 is 0.824 bits per heavy atom. The van der Waals surface area contributed by atoms with Gasteiger partial charge in [0.25, 0.3) is 0 Å². The van der Waals surface area contributed by atoms with E-state index in [-0.39, 0.29) is 5.82 Å². The third-order valence-corrected chi connectivity index (χ3v) is 5.89. The Balaban J connectivity index is 1.56. The molecule has 0 amide bonds. The van der Waals surface area contributed by atoms with Crippen molar-refractivity contribution < 1.29 is 9.13 Å². The van der Waals surface area contributed by atoms with Crippen molar-refractivity contribution in [3.05, 3.63) is 109 Å². The third kappa shape index (κ3) is 3.26. The molecule has 0 radical (unpaired) electrons. The number of fused-ring (bicyclic) bond motifs is 1. The zero-order valence-corrected chi connectivity index (χ0v) is 18.3. The van der Waals surface area contributed by atoms with Crippen LogP contribution in [0, 0.1) is 5.82 Å². The van der Waals surface area contributed by atoms with Gasteiger partial charge in [-0.3, -0.25) is 0 Å². The summed E-state index contributed by atoms with van der Waals surface area (Å²) < 4.78 is 26.3. The number of para-hydroxylation sites is 1. The molecule has 0 N–H and O–H groups in total. The molecule has 0 bridgehead atoms. The predicted octanol–water partition coefficient (Wildman–Crippen LogP) is 5.82. The van der Waals surface area contributed by atoms with Gasteiger partial charge in [-0.15, -0.1) is 0 Å². The van der Waals surface area contributed by atoms with Crippen LogP contribution in [0.1, 0.15) is 0 Å². The number of nitrogens with zero attached hydrogens (tertiary/aromatic N) is 5. The van der Waals surface area contributed by atoms with Crippen LogP contribution in [0.25, 0.3) is 39.2 Å². The van der Waals surface area contributed by atoms with Gasteiger partial charge in [-0.05, 0) is 54.6 Å². The fourth-order valence-corrected chi connectivity index (χ4v) is 4.28. The van der Waals surface area contributed by atoms with E-state index in [2.05, 4.69) is 10.2 Å². The Hall–Kier alpha value is -4.65. The van der Waals surface area contributed by atoms with Crippen LogP contribution < -0.4 is 4.74 Å². The number of hydrogen-bond acceptors (Lipinski definition) is 3. The molecule has 0 saturated carbocycles. The summed E-state index contributed by atoms with van der Waals surface area (Å²) in [6.07, 6.45) is 7.17. The minimum Gasteiger partial charge on any atom is -0.497 e. The summed E-state index contributed by atoms with van der Waals surface area (Å²) in [6.45, 7) is 0. The summed E-state index contributed by atoms with van der Waals surface area (Å²) in [4.78, 5) is 0. The number of rotatable bonds is 5. The maximum Gasteiger partial charge on any atom is 0.149 e. The van der Waals surface area contributed by atoms with Gasteiger partial charge in [0.15, 0.2) is 0 Å². The normalized spacial score (nSPS) is 11.2. The molecule has 0 unspecified atom stereocenters. The smallest absolute Gasteiger partial charge is 0.149 e. The standard InChI is InChI=1S/C27H20FN5O/c1-34-21-9-11-25-22(17-21)23(26-12-14-30-33(26)19-6-3-2-4-7-19)18-31(25)27-10-8-20(16-24(27)28)32-15-5-13-29-32/h2-18H,1H3. The molecule has 6 rings (SSSR count). The van der Waals surface area contributed by atoms with Gasteiger partial charge >= 0.3 is 0 Å². The van der Waals surface area contributed by atoms with Crippen LogP contribution in [-0.4, -0.2) is 31.2 Å². The molecular formula is C27H20FN5O. The first-order chi connectivity index (χ1) is 16.7. The quantitative estimate of drug-likeness (QED) is 0.333. The van der Waals surface area contributed by atoms with Gasteiger partial charge in [-0.2, -0.15) is 10.2 Å². The van der Waals surface area contributed by atoms with Gasteiger partial charge < -0.3 is 9.30 Å². The minimum atomic E-state index is -0.344. The highest BCUT2D eigenvalue weighted by molar-refractivity contribution is 5.97. The lowest BCUT2D eigenvalue weighted by atomic mass is 10.1. The Bertz CT molecular complexity index is 1600. The zero-order valence-electron chi connectivity index (χ0n) is 18.3. The van der Waals surface area contributed by atoms with Gasteiger partial charge in [0, 0.05) is 35.6 Å². The second-order valence-corrected chi connectivity index (χ2v) is 7.85. The number of aromatic nitrogens is 5. The number of halogens is 1. The Labute approximate surface area is 195 Å². The van der Waals surface area contributed by atoms with E-state index in [9.17, 15) is 0 Å². The summed E-state index contributed by atoms with van der Waals surface area (Å²) in [5.41, 5.74) is 4.74. The first kappa shape index (κ1) is 20.0. The molecule has 6 aromatic rings. The molecule has 0 fully saturated rings. The van der Waals surface area contributed by atoms with Crippen LogP contribution in [0.2, 0.25) is 0 Å². The van der Waals surface area contributed by atoms with Crippen LogP contribution in [-0.2, 0) is 0 Å². The van der Waals surface area contributed by atoms with Gasteiger partial charge in [0.1, 0.15) is 11.6 Å². The molecule has 3 aromatic heterocycles. The third-order valence-electron chi connectivity index (χ3n) is 5.89. The molecule has 0 atom stereocenters. The van der Waals surface area contributed by atoms with Crippen molar-refractivity contribution in [3.8, 4) is 34.1 Å². The average molecular weight is 449 g/mol. The van der Waals surface area contributed by atoms with Crippen LogP contribution in [0.5, 0.6) is 5.75 Å². The van der Waals surface area contributed by atoms with Crippen LogP contribution >= 0.6 is 0 Å². The predicted molar refractivity (Wildman–Crippen MR) is 129 cm³/mol. The van der Waals surface area contributed by atoms with E-state index in [0.717, 1.165) is 33.6 Å². The topological polar surface area (TPSA) is 49.8 Å². The first-order valence-electron chi connectivity index (χ1n) is 10.8. The summed E-state index contributed by atoms with van der Waals surface area (Å²) in [5.74, 6) is 0.385. The average Bonchev–Trinajstić information content (AvgIpc) is 3.64. The zero-order chi connectivity index (χ0) is 23.1. The van der Waals surface area contributed by atoms with Crippen LogP contribution in [0.3, 0.4) is 0 Å². The van der Waals surface area contributed by atoms with Crippen LogP contribution in [0.15, 0.2) is 104 Å². The van der Waals surface area contributed by atoms with Crippen molar-refractivity contribution in [1.29, 1.82) is 0 Å². The second kappa shape index (κ2) is 8.04. The maximum absolute atomic E-state index is 15.4. The van der Waals surface area contributed by atoms with E-state index in [0.29, 0.717) is 11.4 Å². The molecule has 0 aliphatic rings. The molecule has 0 saturated heterocycles. The molecular weight excluding hydrogens is 429 g/mol. The van der Waals surface area contributed by atoms with Gasteiger partial charge in [-0.25, -0.2) is 13.8 Å². The number of ether oxygens (including phenoxy) is 1. The lowest BCUT2D eigenvalue weighted by Gasteiger charge is -2.09. The van der Waals surface area contributed by atoms with E-state index in [4.69, 9.17) is 4.74 Å². The summed E-state index contributed by atoms with van der Waals surface area (Å²) >= 11 is 0. The molecule has 3 heterocycles. The summed E-state index contributed by atoms with van der Waals surface area (Å²) in [6, 6.07) is 24.6. The molecule has 34 heavy (non-hydrogen) atoms. The van der Waals surface area contributed by atoms with Crippen molar-refractivity contribution in [2.75, 3.05) is 7.11 Å². The lowest BCUT2D eigenvalue weighted by molar-refractivity contribution is 0.415. The molecule has 0 aliphatic heterocycles. The Morgan fingerprint density at radius 3 is 2.47 bits per heavy atom. The highest BCUT2D eigenvalue weighted by atomic mass is 19.1. The highest BCUT2D eigenvalue weighted by Crippen LogP contribution is 2.36. The van der Waals surface area contributed by atoms with Gasteiger partial charge in [-0.1, -0.05) is 18.2 Å². The molecule has 7 heteroatoms. The van der Waals surface area contributed by atoms with E-state index in [1.54, 1.807) is 42.5 Å². The fraction of sp³-hybridized carbons (Fsp3) is 0.0370. The summed E-state index contributed by atoms with van der Waals surface area (Å²) in [7, 11) is 1.64. The SMILES string of the molecule is COc1ccc2c(c1)c(-c1ccnn1-c1ccccc1)cn2-c1ccc(-n2cccn2)cc1F. The van der Waals surface area contributed by atoms with Crippen molar-refractivity contribution in [2.45, 2.75) is 0 Å². The van der Waals surface area contributed by atoms with Crippen molar-refractivity contribution in [3.63, 3.8) is 0 Å². The lowest BCUT2D eigenvalue weighted by Crippen LogP contribution is -2.00. The second-order valence-electron chi connectivity index (χ2n) is 7.85. The van der Waals surface area contributed by atoms with E-state index in [1.165, 1.54) is 6.07 Å². The number of benzene rings is 3. The molecule has 3 aromatic carbocycles. The summed E-state index contributed by atoms with van der Waals surface area (Å²) in [5, 5.41) is 9.68. The molecule has 6 nitrogen and oxygen atoms in total. The van der Waals surface area contributed by atoms with Gasteiger partial charge in [0.2, 0.25) is 0 Å². The highest BCUT2D eigenvalue weighted by Gasteiger charge is 2.18. The monoisotopic (exact) mass is 449 g/mol. The Morgan fingerprint density at radius 2 is 1.71 bits per heavy atom. The molecule has 0 aliphatic carbocycles. The molecule has 166 valence electrons. The Kier molecular flexibility index (Phi) is 4.73. The maximum atomic E-state index is 15.4. The number of hydrogen-bond donors (Lipinski definition) is 0. The fourth-order valence-electron chi connectivity index (χ4n) is 4.28. The van der Waals surface area contributed by atoms with Crippen molar-refractivity contribution >= 4 is 10.9 Å². The molecule has 0 spiro atoms. The largest absolute Gasteiger partial charge is 0.497 e. The van der Waals surface area contributed by atoms with Gasteiger partial charge in [0.05, 0.1) is 41.6 Å². The van der Waals surface area contributed by atoms with E-state index in [1.807, 2.05) is 76.1 Å². The van der Waals surface area contributed by atoms with Crippen LogP contribution in [0.4, 0.5) is 4.39 Å². The number of methoxy groups -OCH3 is 1. The van der Waals surface area contributed by atoms with Crippen molar-refractivity contribution in [2.24, 2.45) is 0 Å².